The van der Waals surface area contributed by atoms with Gasteiger partial charge in [-0.25, -0.2) is 0 Å². The highest BCUT2D eigenvalue weighted by Gasteiger charge is 2.82. The fourth-order valence-electron chi connectivity index (χ4n) is 3.58. The Bertz CT molecular complexity index is 361. The number of hydrogen-bond acceptors (Lipinski definition) is 2. The molecule has 2 bridgehead atoms. The molecule has 0 aromatic heterocycles. The van der Waals surface area contributed by atoms with Gasteiger partial charge < -0.3 is 5.11 Å². The molecule has 16 heavy (non-hydrogen) atoms. The third-order valence-electron chi connectivity index (χ3n) is 5.11. The number of hydrogen-bond donors (Lipinski definition) is 1. The Morgan fingerprint density at radius 2 is 1.81 bits per heavy atom. The topological polar surface area (TPSA) is 37.3 Å². The minimum absolute atomic E-state index is 0.242. The van der Waals surface area contributed by atoms with Crippen molar-refractivity contribution < 1.29 is 23.1 Å². The molecule has 0 aromatic rings. The monoisotopic (exact) mass is 236 g/mol. The highest BCUT2D eigenvalue weighted by molar-refractivity contribution is 5.96. The summed E-state index contributed by atoms with van der Waals surface area (Å²) in [4.78, 5) is 11.8. The average molecular weight is 236 g/mol. The zero-order chi connectivity index (χ0) is 12.6. The van der Waals surface area contributed by atoms with Crippen molar-refractivity contribution in [1.82, 2.24) is 0 Å². The van der Waals surface area contributed by atoms with Gasteiger partial charge in [-0.2, -0.15) is 13.2 Å². The van der Waals surface area contributed by atoms with Gasteiger partial charge in [0.25, 0.3) is 0 Å². The molecule has 2 aliphatic carbocycles. The molecule has 0 radical (unpaired) electrons. The van der Waals surface area contributed by atoms with Crippen LogP contribution < -0.4 is 0 Å². The quantitative estimate of drug-likeness (QED) is 0.700. The summed E-state index contributed by atoms with van der Waals surface area (Å²) in [7, 11) is 0. The van der Waals surface area contributed by atoms with E-state index in [0.29, 0.717) is 6.42 Å². The van der Waals surface area contributed by atoms with Crippen molar-refractivity contribution in [2.24, 2.45) is 16.7 Å². The molecule has 2 saturated carbocycles. The maximum Gasteiger partial charge on any atom is 0.424 e. The van der Waals surface area contributed by atoms with E-state index in [1.807, 2.05) is 0 Å². The number of rotatable bonds is 0. The van der Waals surface area contributed by atoms with Gasteiger partial charge in [0, 0.05) is 11.3 Å². The van der Waals surface area contributed by atoms with E-state index in [2.05, 4.69) is 0 Å². The van der Waals surface area contributed by atoms with Crippen LogP contribution in [-0.2, 0) is 4.79 Å². The van der Waals surface area contributed by atoms with Crippen LogP contribution in [0.3, 0.4) is 0 Å². The molecule has 0 heterocycles. The normalized spacial score (nSPS) is 46.4. The number of Topliss-reactive ketones (excluding diaryl/α,β-unsaturated/α-hetero) is 1. The Labute approximate surface area is 91.8 Å². The van der Waals surface area contributed by atoms with Gasteiger partial charge in [-0.1, -0.05) is 20.8 Å². The fourth-order valence-corrected chi connectivity index (χ4v) is 3.58. The number of fused-ring (bicyclic) bond motifs is 2. The standard InChI is InChI=1S/C11H15F3O2/c1-8(2)6-4-5-9(8,3)10(16,7(6)15)11(12,13)14/h6,16H,4-5H2,1-3H3/t6?,9-,10-/m1/s1. The first-order chi connectivity index (χ1) is 7.00. The number of aliphatic hydroxyl groups is 1. The molecule has 0 amide bonds. The van der Waals surface area contributed by atoms with Crippen LogP contribution in [0.1, 0.15) is 33.6 Å². The van der Waals surface area contributed by atoms with E-state index < -0.39 is 34.3 Å². The molecular weight excluding hydrogens is 221 g/mol. The van der Waals surface area contributed by atoms with Gasteiger partial charge in [-0.15, -0.1) is 0 Å². The zero-order valence-electron chi connectivity index (χ0n) is 9.48. The number of ketones is 1. The van der Waals surface area contributed by atoms with Gasteiger partial charge in [0.15, 0.2) is 5.78 Å². The van der Waals surface area contributed by atoms with Gasteiger partial charge in [-0.3, -0.25) is 4.79 Å². The molecule has 3 atom stereocenters. The molecule has 0 aromatic carbocycles. The number of carbonyl (C=O) groups is 1. The molecule has 0 saturated heterocycles. The van der Waals surface area contributed by atoms with Crippen LogP contribution in [0.4, 0.5) is 13.2 Å². The van der Waals surface area contributed by atoms with Gasteiger partial charge in [0.2, 0.25) is 5.60 Å². The molecule has 5 heteroatoms. The first kappa shape index (κ1) is 11.9. The van der Waals surface area contributed by atoms with E-state index in [1.54, 1.807) is 13.8 Å². The Morgan fingerprint density at radius 3 is 2.06 bits per heavy atom. The molecule has 92 valence electrons. The predicted molar refractivity (Wildman–Crippen MR) is 50.6 cm³/mol. The molecule has 0 aliphatic heterocycles. The Kier molecular flexibility index (Phi) is 1.96. The fraction of sp³-hybridized carbons (Fsp3) is 0.909. The lowest BCUT2D eigenvalue weighted by Crippen LogP contribution is -2.61. The Morgan fingerprint density at radius 1 is 1.31 bits per heavy atom. The van der Waals surface area contributed by atoms with Gasteiger partial charge in [-0.05, 0) is 18.3 Å². The van der Waals surface area contributed by atoms with Crippen LogP contribution in [0.15, 0.2) is 0 Å². The molecule has 0 spiro atoms. The van der Waals surface area contributed by atoms with Crippen molar-refractivity contribution in [2.45, 2.75) is 45.4 Å². The van der Waals surface area contributed by atoms with Crippen molar-refractivity contribution in [3.8, 4) is 0 Å². The third-order valence-corrected chi connectivity index (χ3v) is 5.11. The summed E-state index contributed by atoms with van der Waals surface area (Å²) in [5.74, 6) is -1.72. The second-order valence-electron chi connectivity index (χ2n) is 5.72. The van der Waals surface area contributed by atoms with Crippen LogP contribution in [-0.4, -0.2) is 22.7 Å². The summed E-state index contributed by atoms with van der Waals surface area (Å²) in [6.07, 6.45) is -4.20. The van der Waals surface area contributed by atoms with Crippen molar-refractivity contribution in [3.63, 3.8) is 0 Å². The second kappa shape index (κ2) is 2.63. The van der Waals surface area contributed by atoms with Gasteiger partial charge >= 0.3 is 6.18 Å². The molecule has 2 fully saturated rings. The van der Waals surface area contributed by atoms with Crippen LogP contribution in [0, 0.1) is 16.7 Å². The second-order valence-corrected chi connectivity index (χ2v) is 5.72. The van der Waals surface area contributed by atoms with Crippen molar-refractivity contribution in [3.05, 3.63) is 0 Å². The number of halogens is 3. The first-order valence-corrected chi connectivity index (χ1v) is 5.33. The van der Waals surface area contributed by atoms with Gasteiger partial charge in [0.05, 0.1) is 0 Å². The largest absolute Gasteiger partial charge is 0.424 e. The van der Waals surface area contributed by atoms with Gasteiger partial charge in [0.1, 0.15) is 0 Å². The summed E-state index contributed by atoms with van der Waals surface area (Å²) in [6, 6.07) is 0. The lowest BCUT2D eigenvalue weighted by molar-refractivity contribution is -0.287. The third kappa shape index (κ3) is 0.883. The van der Waals surface area contributed by atoms with E-state index in [9.17, 15) is 23.1 Å². The van der Waals surface area contributed by atoms with Crippen LogP contribution in [0.2, 0.25) is 0 Å². The van der Waals surface area contributed by atoms with E-state index in [4.69, 9.17) is 0 Å². The van der Waals surface area contributed by atoms with Crippen LogP contribution in [0.5, 0.6) is 0 Å². The van der Waals surface area contributed by atoms with Crippen molar-refractivity contribution >= 4 is 5.78 Å². The summed E-state index contributed by atoms with van der Waals surface area (Å²) in [5, 5.41) is 9.91. The van der Waals surface area contributed by atoms with E-state index in [0.717, 1.165) is 0 Å². The predicted octanol–water partition coefficient (Wildman–Crippen LogP) is 2.31. The van der Waals surface area contributed by atoms with E-state index in [-0.39, 0.29) is 6.42 Å². The smallest absolute Gasteiger partial charge is 0.374 e. The molecule has 1 N–H and O–H groups in total. The first-order valence-electron chi connectivity index (χ1n) is 5.33. The number of alkyl halides is 3. The maximum absolute atomic E-state index is 13.0. The average Bonchev–Trinajstić information content (AvgIpc) is 2.39. The molecular formula is C11H15F3O2. The highest BCUT2D eigenvalue weighted by Crippen LogP contribution is 2.70. The van der Waals surface area contributed by atoms with Crippen LogP contribution in [0.25, 0.3) is 0 Å². The minimum Gasteiger partial charge on any atom is -0.374 e. The Hall–Kier alpha value is -0.580. The lowest BCUT2D eigenvalue weighted by atomic mass is 9.64. The molecule has 2 nitrogen and oxygen atoms in total. The summed E-state index contributed by atoms with van der Waals surface area (Å²) >= 11 is 0. The molecule has 2 rings (SSSR count). The number of carbonyl (C=O) groups excluding carboxylic acids is 1. The SMILES string of the molecule is CC1(C)C2CC[C@@]1(C)[C@@](O)(C(F)(F)F)C2=O. The van der Waals surface area contributed by atoms with Crippen molar-refractivity contribution in [1.29, 1.82) is 0 Å². The molecule has 2 aliphatic rings. The summed E-state index contributed by atoms with van der Waals surface area (Å²) in [6.45, 7) is 4.67. The molecule has 1 unspecified atom stereocenters. The van der Waals surface area contributed by atoms with Crippen LogP contribution >= 0.6 is 0 Å². The minimum atomic E-state index is -4.88. The lowest BCUT2D eigenvalue weighted by Gasteiger charge is -2.44. The summed E-state index contributed by atoms with van der Waals surface area (Å²) in [5.41, 5.74) is -5.36. The Balaban J connectivity index is 2.64. The van der Waals surface area contributed by atoms with E-state index >= 15 is 0 Å². The highest BCUT2D eigenvalue weighted by atomic mass is 19.4. The maximum atomic E-state index is 13.0. The zero-order valence-corrected chi connectivity index (χ0v) is 9.48. The van der Waals surface area contributed by atoms with Crippen molar-refractivity contribution in [2.75, 3.05) is 0 Å². The van der Waals surface area contributed by atoms with E-state index in [1.165, 1.54) is 6.92 Å². The summed E-state index contributed by atoms with van der Waals surface area (Å²) < 4.78 is 38.9.